The van der Waals surface area contributed by atoms with Crippen molar-refractivity contribution >= 4 is 23.2 Å². The van der Waals surface area contributed by atoms with Crippen molar-refractivity contribution in [2.45, 2.75) is 84.3 Å². The van der Waals surface area contributed by atoms with Gasteiger partial charge in [0.25, 0.3) is 0 Å². The molecule has 1 saturated heterocycles. The third-order valence-corrected chi connectivity index (χ3v) is 8.82. The van der Waals surface area contributed by atoms with E-state index in [4.69, 9.17) is 14.5 Å². The Hall–Kier alpha value is -3.66. The highest BCUT2D eigenvalue weighted by Gasteiger charge is 2.32. The lowest BCUT2D eigenvalue weighted by molar-refractivity contribution is -0.131. The lowest BCUT2D eigenvalue weighted by atomic mass is 9.84. The molecular weight excluding hydrogens is 532 g/mol. The number of nitrogens with zero attached hydrogens (tertiary/aromatic N) is 5. The number of carbonyl (C=O) groups excluding carboxylic acids is 2. The molecule has 0 unspecified atom stereocenters. The number of benzene rings is 1. The SMILES string of the molecule is CCC[C@H](C)OC(=O)Nc1ccc(-c2nc(C3CCC(N4CCN(C(C)=O)CC4)CC3)n3ccnc(C)c23)cc1OC. The molecule has 1 aliphatic heterocycles. The van der Waals surface area contributed by atoms with Gasteiger partial charge in [0, 0.05) is 63.0 Å². The highest BCUT2D eigenvalue weighted by Crippen LogP contribution is 2.39. The fraction of sp³-hybridized carbons (Fsp3) is 0.562. The van der Waals surface area contributed by atoms with Crippen LogP contribution in [0.25, 0.3) is 16.8 Å². The largest absolute Gasteiger partial charge is 0.495 e. The quantitative estimate of drug-likeness (QED) is 0.370. The minimum absolute atomic E-state index is 0.155. The molecule has 1 N–H and O–H groups in total. The highest BCUT2D eigenvalue weighted by atomic mass is 16.6. The number of hydrogen-bond donors (Lipinski definition) is 1. The van der Waals surface area contributed by atoms with E-state index in [1.807, 2.05) is 49.3 Å². The van der Waals surface area contributed by atoms with Crippen LogP contribution in [-0.2, 0) is 9.53 Å². The predicted octanol–water partition coefficient (Wildman–Crippen LogP) is 5.64. The normalized spacial score (nSPS) is 20.4. The van der Waals surface area contributed by atoms with Gasteiger partial charge in [-0.25, -0.2) is 9.78 Å². The van der Waals surface area contributed by atoms with E-state index in [2.05, 4.69) is 26.5 Å². The Kier molecular flexibility index (Phi) is 9.30. The van der Waals surface area contributed by atoms with Crippen LogP contribution < -0.4 is 10.1 Å². The van der Waals surface area contributed by atoms with Crippen LogP contribution in [0.5, 0.6) is 5.75 Å². The molecule has 2 fully saturated rings. The van der Waals surface area contributed by atoms with Gasteiger partial charge in [-0.05, 0) is 58.1 Å². The van der Waals surface area contributed by atoms with Gasteiger partial charge in [-0.15, -0.1) is 0 Å². The molecule has 10 heteroatoms. The Labute approximate surface area is 248 Å². The maximum atomic E-state index is 12.5. The summed E-state index contributed by atoms with van der Waals surface area (Å²) >= 11 is 0. The summed E-state index contributed by atoms with van der Waals surface area (Å²) in [6.45, 7) is 11.2. The number of aryl methyl sites for hydroxylation is 1. The summed E-state index contributed by atoms with van der Waals surface area (Å²) in [6, 6.07) is 6.28. The summed E-state index contributed by atoms with van der Waals surface area (Å²) in [5.74, 6) is 2.14. The number of methoxy groups -OCH3 is 1. The molecular formula is C32H44N6O4. The number of ether oxygens (including phenoxy) is 2. The number of aromatic nitrogens is 3. The number of piperazine rings is 1. The van der Waals surface area contributed by atoms with Crippen molar-refractivity contribution < 1.29 is 19.1 Å². The van der Waals surface area contributed by atoms with E-state index in [1.165, 1.54) is 0 Å². The number of carbonyl (C=O) groups is 2. The summed E-state index contributed by atoms with van der Waals surface area (Å²) in [4.78, 5) is 38.5. The van der Waals surface area contributed by atoms with Crippen molar-refractivity contribution in [2.75, 3.05) is 38.6 Å². The molecule has 0 bridgehead atoms. The lowest BCUT2D eigenvalue weighted by Crippen LogP contribution is -2.52. The molecule has 3 heterocycles. The fourth-order valence-corrected chi connectivity index (χ4v) is 6.54. The second-order valence-electron chi connectivity index (χ2n) is 11.6. The van der Waals surface area contributed by atoms with E-state index in [0.29, 0.717) is 23.4 Å². The molecule has 1 atom stereocenters. The second-order valence-corrected chi connectivity index (χ2v) is 11.6. The summed E-state index contributed by atoms with van der Waals surface area (Å²) in [5, 5.41) is 2.83. The van der Waals surface area contributed by atoms with Crippen molar-refractivity contribution in [1.82, 2.24) is 24.2 Å². The number of anilines is 1. The molecule has 1 saturated carbocycles. The zero-order valence-corrected chi connectivity index (χ0v) is 25.6. The Bertz CT molecular complexity index is 1410. The maximum absolute atomic E-state index is 12.5. The number of fused-ring (bicyclic) bond motifs is 1. The Morgan fingerprint density at radius 2 is 1.86 bits per heavy atom. The standard InChI is InChI=1S/C32H44N6O4/c1-6-7-21(2)42-32(40)34-27-13-10-25(20-28(27)41-5)29-30-22(3)33-14-15-38(30)31(35-29)24-8-11-26(12-9-24)37-18-16-36(17-19-37)23(4)39/h10,13-15,20-21,24,26H,6-9,11-12,16-19H2,1-5H3,(H,34,40)/t21-,24?,26?/m0/s1. The van der Waals surface area contributed by atoms with Gasteiger partial charge in [0.2, 0.25) is 5.91 Å². The van der Waals surface area contributed by atoms with Crippen LogP contribution >= 0.6 is 0 Å². The number of amides is 2. The van der Waals surface area contributed by atoms with Gasteiger partial charge >= 0.3 is 6.09 Å². The van der Waals surface area contributed by atoms with Gasteiger partial charge < -0.3 is 14.4 Å². The molecule has 2 amide bonds. The first-order valence-electron chi connectivity index (χ1n) is 15.3. The lowest BCUT2D eigenvalue weighted by Gasteiger charge is -2.41. The average molecular weight is 577 g/mol. The first kappa shape index (κ1) is 29.8. The van der Waals surface area contributed by atoms with E-state index in [0.717, 1.165) is 93.0 Å². The third kappa shape index (κ3) is 6.38. The average Bonchev–Trinajstić information content (AvgIpc) is 3.38. The topological polar surface area (TPSA) is 101 Å². The molecule has 3 aromatic rings. The Morgan fingerprint density at radius 1 is 1.12 bits per heavy atom. The molecule has 0 spiro atoms. The molecule has 2 aromatic heterocycles. The van der Waals surface area contributed by atoms with Gasteiger partial charge in [-0.3, -0.25) is 24.4 Å². The maximum Gasteiger partial charge on any atom is 0.412 e. The summed E-state index contributed by atoms with van der Waals surface area (Å²) in [6.07, 6.45) is 9.36. The summed E-state index contributed by atoms with van der Waals surface area (Å²) < 4.78 is 13.3. The fourth-order valence-electron chi connectivity index (χ4n) is 6.54. The monoisotopic (exact) mass is 576 g/mol. The number of imidazole rings is 1. The predicted molar refractivity (Wildman–Crippen MR) is 163 cm³/mol. The Balaban J connectivity index is 1.34. The zero-order valence-electron chi connectivity index (χ0n) is 25.6. The van der Waals surface area contributed by atoms with Crippen molar-refractivity contribution in [3.05, 3.63) is 42.1 Å². The highest BCUT2D eigenvalue weighted by molar-refractivity contribution is 5.89. The van der Waals surface area contributed by atoms with Gasteiger partial charge in [0.15, 0.2) is 0 Å². The minimum Gasteiger partial charge on any atom is -0.495 e. The molecule has 0 radical (unpaired) electrons. The van der Waals surface area contributed by atoms with Gasteiger partial charge in [0.05, 0.1) is 29.7 Å². The van der Waals surface area contributed by atoms with Crippen LogP contribution in [0, 0.1) is 6.92 Å². The number of nitrogens with one attached hydrogen (secondary N) is 1. The summed E-state index contributed by atoms with van der Waals surface area (Å²) in [5.41, 5.74) is 4.23. The molecule has 5 rings (SSSR count). The van der Waals surface area contributed by atoms with Crippen LogP contribution in [-0.4, -0.2) is 81.6 Å². The number of hydrogen-bond acceptors (Lipinski definition) is 7. The zero-order chi connectivity index (χ0) is 29.8. The van der Waals surface area contributed by atoms with Crippen molar-refractivity contribution in [3.63, 3.8) is 0 Å². The molecule has 2 aliphatic rings. The first-order valence-corrected chi connectivity index (χ1v) is 15.3. The summed E-state index contributed by atoms with van der Waals surface area (Å²) in [7, 11) is 1.59. The third-order valence-electron chi connectivity index (χ3n) is 8.82. The molecule has 10 nitrogen and oxygen atoms in total. The van der Waals surface area contributed by atoms with Crippen LogP contribution in [0.1, 0.15) is 76.7 Å². The van der Waals surface area contributed by atoms with Crippen LogP contribution in [0.15, 0.2) is 30.6 Å². The van der Waals surface area contributed by atoms with E-state index in [-0.39, 0.29) is 12.0 Å². The minimum atomic E-state index is -0.492. The number of rotatable bonds is 8. The van der Waals surface area contributed by atoms with E-state index < -0.39 is 6.09 Å². The molecule has 42 heavy (non-hydrogen) atoms. The van der Waals surface area contributed by atoms with Crippen LogP contribution in [0.3, 0.4) is 0 Å². The van der Waals surface area contributed by atoms with Crippen LogP contribution in [0.4, 0.5) is 10.5 Å². The van der Waals surface area contributed by atoms with Gasteiger partial charge in [-0.1, -0.05) is 19.4 Å². The Morgan fingerprint density at radius 3 is 2.52 bits per heavy atom. The molecule has 1 aliphatic carbocycles. The van der Waals surface area contributed by atoms with Gasteiger partial charge in [0.1, 0.15) is 17.7 Å². The van der Waals surface area contributed by atoms with Crippen molar-refractivity contribution in [3.8, 4) is 17.0 Å². The molecule has 226 valence electrons. The van der Waals surface area contributed by atoms with Crippen molar-refractivity contribution in [2.24, 2.45) is 0 Å². The molecule has 1 aromatic carbocycles. The van der Waals surface area contributed by atoms with Gasteiger partial charge in [-0.2, -0.15) is 0 Å². The first-order chi connectivity index (χ1) is 20.3. The van der Waals surface area contributed by atoms with Crippen LogP contribution in [0.2, 0.25) is 0 Å². The second kappa shape index (κ2) is 13.1. The smallest absolute Gasteiger partial charge is 0.412 e. The van der Waals surface area contributed by atoms with E-state index in [9.17, 15) is 9.59 Å². The van der Waals surface area contributed by atoms with E-state index >= 15 is 0 Å². The van der Waals surface area contributed by atoms with Crippen molar-refractivity contribution in [1.29, 1.82) is 0 Å². The van der Waals surface area contributed by atoms with E-state index in [1.54, 1.807) is 14.0 Å².